The van der Waals surface area contributed by atoms with Gasteiger partial charge in [-0.1, -0.05) is 65.5 Å². The van der Waals surface area contributed by atoms with Gasteiger partial charge in [-0.2, -0.15) is 0 Å². The van der Waals surface area contributed by atoms with Gasteiger partial charge in [0, 0.05) is 0 Å². The van der Waals surface area contributed by atoms with Gasteiger partial charge in [-0.05, 0) is 36.2 Å². The summed E-state index contributed by atoms with van der Waals surface area (Å²) in [5.74, 6) is 0. The van der Waals surface area contributed by atoms with Crippen LogP contribution in [0.2, 0.25) is 0 Å². The first kappa shape index (κ1) is 20.0. The maximum atomic E-state index is 8.58. The topological polar surface area (TPSA) is 43.1 Å². The smallest absolute Gasteiger partial charge is 0.204 e. The van der Waals surface area contributed by atoms with Crippen molar-refractivity contribution in [2.24, 2.45) is 16.6 Å². The second-order valence-electron chi connectivity index (χ2n) is 6.69. The van der Waals surface area contributed by atoms with E-state index in [1.54, 1.807) is 0 Å². The van der Waals surface area contributed by atoms with E-state index in [9.17, 15) is 0 Å². The molecular weight excluding hydrogens is 234 g/mol. The van der Waals surface area contributed by atoms with Gasteiger partial charge in [0.25, 0.3) is 0 Å². The Balaban J connectivity index is 0. The summed E-state index contributed by atoms with van der Waals surface area (Å²) in [6, 6.07) is 0. The molecule has 0 atom stereocenters. The molecule has 2 heteroatoms. The van der Waals surface area contributed by atoms with E-state index in [0.717, 1.165) is 6.42 Å². The molecule has 0 spiro atoms. The number of carbonyl (C=O) groups is 1. The van der Waals surface area contributed by atoms with Crippen LogP contribution in [0.1, 0.15) is 54.4 Å². The van der Waals surface area contributed by atoms with Crippen LogP contribution in [0, 0.1) is 10.8 Å². The molecule has 0 unspecified atom stereocenters. The van der Waals surface area contributed by atoms with Crippen molar-refractivity contribution in [3.63, 3.8) is 0 Å². The van der Waals surface area contributed by atoms with Crippen molar-refractivity contribution in [2.75, 3.05) is 0 Å². The molecule has 0 aliphatic carbocycles. The van der Waals surface area contributed by atoms with Gasteiger partial charge in [0.15, 0.2) is 0 Å². The average Bonchev–Trinajstić information content (AvgIpc) is 2.21. The second-order valence-corrected chi connectivity index (χ2v) is 6.69. The van der Waals surface area contributed by atoms with Crippen LogP contribution >= 0.6 is 0 Å². The van der Waals surface area contributed by atoms with Crippen molar-refractivity contribution in [1.82, 2.24) is 0 Å². The molecule has 0 aromatic rings. The van der Waals surface area contributed by atoms with Crippen LogP contribution in [0.3, 0.4) is 0 Å². The number of amides is 1. The highest BCUT2D eigenvalue weighted by atomic mass is 16.1. The van der Waals surface area contributed by atoms with E-state index in [2.05, 4.69) is 65.2 Å². The number of primary amides is 1. The fourth-order valence-electron chi connectivity index (χ4n) is 2.47. The highest BCUT2D eigenvalue weighted by molar-refractivity contribution is 5.42. The molecule has 0 aliphatic rings. The van der Waals surface area contributed by atoms with Crippen molar-refractivity contribution in [2.45, 2.75) is 54.4 Å². The Hall–Kier alpha value is -1.31. The lowest BCUT2D eigenvalue weighted by molar-refractivity contribution is -0.106. The molecule has 0 aromatic heterocycles. The molecule has 0 rings (SSSR count). The number of hydrogen-bond acceptors (Lipinski definition) is 1. The van der Waals surface area contributed by atoms with Crippen molar-refractivity contribution < 1.29 is 4.79 Å². The largest absolute Gasteiger partial charge is 0.372 e. The highest BCUT2D eigenvalue weighted by Crippen LogP contribution is 2.37. The zero-order chi connectivity index (χ0) is 15.5. The van der Waals surface area contributed by atoms with E-state index in [0.29, 0.717) is 10.8 Å². The number of allylic oxidation sites excluding steroid dienone is 5. The zero-order valence-electron chi connectivity index (χ0n) is 13.5. The lowest BCUT2D eigenvalue weighted by Gasteiger charge is -2.32. The van der Waals surface area contributed by atoms with Crippen molar-refractivity contribution in [3.8, 4) is 0 Å². The third kappa shape index (κ3) is 14.6. The molecule has 2 N–H and O–H groups in total. The van der Waals surface area contributed by atoms with E-state index in [1.807, 2.05) is 13.0 Å². The van der Waals surface area contributed by atoms with Crippen LogP contribution in [0.5, 0.6) is 0 Å². The summed E-state index contributed by atoms with van der Waals surface area (Å²) < 4.78 is 0. The van der Waals surface area contributed by atoms with Gasteiger partial charge in [0.1, 0.15) is 0 Å². The molecule has 19 heavy (non-hydrogen) atoms. The Kier molecular flexibility index (Phi) is 10.1. The lowest BCUT2D eigenvalue weighted by atomic mass is 9.73. The summed E-state index contributed by atoms with van der Waals surface area (Å²) in [6.07, 6.45) is 10.9. The normalized spacial score (nSPS) is 12.8. The van der Waals surface area contributed by atoms with E-state index in [1.165, 1.54) is 12.0 Å². The third-order valence-electron chi connectivity index (χ3n) is 2.46. The number of nitrogens with two attached hydrogens (primary N) is 1. The summed E-state index contributed by atoms with van der Waals surface area (Å²) in [6.45, 7) is 17.5. The van der Waals surface area contributed by atoms with Crippen molar-refractivity contribution >= 4 is 6.41 Å². The lowest BCUT2D eigenvalue weighted by Crippen LogP contribution is -2.21. The molecule has 0 aliphatic heterocycles. The molecule has 0 saturated heterocycles. The zero-order valence-corrected chi connectivity index (χ0v) is 13.5. The molecule has 0 aromatic carbocycles. The Bertz CT molecular complexity index is 317. The molecule has 0 bridgehead atoms. The van der Waals surface area contributed by atoms with E-state index in [-0.39, 0.29) is 6.41 Å². The average molecular weight is 265 g/mol. The van der Waals surface area contributed by atoms with Gasteiger partial charge in [0.05, 0.1) is 0 Å². The predicted molar refractivity (Wildman–Crippen MR) is 85.8 cm³/mol. The SMILES string of the molecule is C=C/C(=C\C=C/C)CC(C)(C)CC(C)(C)C.NC=O. The van der Waals surface area contributed by atoms with E-state index in [4.69, 9.17) is 4.79 Å². The van der Waals surface area contributed by atoms with E-state index >= 15 is 0 Å². The maximum absolute atomic E-state index is 8.58. The van der Waals surface area contributed by atoms with Gasteiger partial charge < -0.3 is 5.73 Å². The van der Waals surface area contributed by atoms with Crippen LogP contribution in [-0.2, 0) is 4.79 Å². The molecular formula is C17H31NO. The van der Waals surface area contributed by atoms with Crippen molar-refractivity contribution in [3.05, 3.63) is 36.5 Å². The Morgan fingerprint density at radius 2 is 1.68 bits per heavy atom. The molecule has 0 saturated carbocycles. The molecule has 2 nitrogen and oxygen atoms in total. The summed E-state index contributed by atoms with van der Waals surface area (Å²) in [5, 5.41) is 0. The molecule has 110 valence electrons. The molecule has 1 amide bonds. The Morgan fingerprint density at radius 3 is 2.00 bits per heavy atom. The minimum Gasteiger partial charge on any atom is -0.372 e. The van der Waals surface area contributed by atoms with Crippen LogP contribution in [0.4, 0.5) is 0 Å². The summed E-state index contributed by atoms with van der Waals surface area (Å²) in [7, 11) is 0. The maximum Gasteiger partial charge on any atom is 0.204 e. The van der Waals surface area contributed by atoms with Crippen LogP contribution in [0.15, 0.2) is 36.5 Å². The molecule has 0 fully saturated rings. The first-order chi connectivity index (χ1) is 8.61. The van der Waals surface area contributed by atoms with Gasteiger partial charge in [-0.15, -0.1) is 0 Å². The summed E-state index contributed by atoms with van der Waals surface area (Å²) in [5.41, 5.74) is 6.21. The van der Waals surface area contributed by atoms with Crippen LogP contribution in [0.25, 0.3) is 0 Å². The molecule has 0 heterocycles. The van der Waals surface area contributed by atoms with E-state index < -0.39 is 0 Å². The second kappa shape index (κ2) is 9.60. The Morgan fingerprint density at radius 1 is 1.21 bits per heavy atom. The molecule has 0 radical (unpaired) electrons. The quantitative estimate of drug-likeness (QED) is 0.571. The minimum atomic E-state index is 0.250. The fourth-order valence-corrected chi connectivity index (χ4v) is 2.47. The van der Waals surface area contributed by atoms with Crippen LogP contribution in [-0.4, -0.2) is 6.41 Å². The number of carbonyl (C=O) groups excluding carboxylic acids is 1. The predicted octanol–water partition coefficient (Wildman–Crippen LogP) is 4.63. The van der Waals surface area contributed by atoms with Gasteiger partial charge in [-0.3, -0.25) is 4.79 Å². The number of hydrogen-bond donors (Lipinski definition) is 1. The summed E-state index contributed by atoms with van der Waals surface area (Å²) in [4.78, 5) is 8.58. The van der Waals surface area contributed by atoms with Crippen molar-refractivity contribution in [1.29, 1.82) is 0 Å². The Labute approximate surface area is 119 Å². The minimum absolute atomic E-state index is 0.250. The van der Waals surface area contributed by atoms with Crippen LogP contribution < -0.4 is 5.73 Å². The van der Waals surface area contributed by atoms with Gasteiger partial charge in [-0.25, -0.2) is 0 Å². The first-order valence-corrected chi connectivity index (χ1v) is 6.71. The number of rotatable bonds is 5. The van der Waals surface area contributed by atoms with Gasteiger partial charge in [0.2, 0.25) is 6.41 Å². The summed E-state index contributed by atoms with van der Waals surface area (Å²) >= 11 is 0. The highest BCUT2D eigenvalue weighted by Gasteiger charge is 2.25. The first-order valence-electron chi connectivity index (χ1n) is 6.71. The monoisotopic (exact) mass is 265 g/mol. The van der Waals surface area contributed by atoms with Gasteiger partial charge >= 0.3 is 0 Å². The standard InChI is InChI=1S/C16H28.CH3NO/c1-8-10-11-14(9-2)12-16(6,7)13-15(3,4)5;2-1-3/h8-11H,2,12-13H2,1,3-7H3;1H,(H2,2,3)/b10-8-,14-11+;. The third-order valence-corrected chi connectivity index (χ3v) is 2.46. The fraction of sp³-hybridized carbons (Fsp3) is 0.588.